The second-order valence-corrected chi connectivity index (χ2v) is 9.34. The van der Waals surface area contributed by atoms with Gasteiger partial charge >= 0.3 is 0 Å². The predicted molar refractivity (Wildman–Crippen MR) is 114 cm³/mol. The molecule has 0 saturated carbocycles. The average Bonchev–Trinajstić information content (AvgIpc) is 2.77. The van der Waals surface area contributed by atoms with E-state index in [2.05, 4.69) is 18.7 Å². The SMILES string of the molecule is CCN(CC)Cc1ccc(C(=O)N2CCN(S(=O)(=O)c3ccc(F)cc3F)CC2)cc1. The number of carbonyl (C=O) groups excluding carboxylic acids is 1. The summed E-state index contributed by atoms with van der Waals surface area (Å²) >= 11 is 0. The first-order chi connectivity index (χ1) is 14.8. The van der Waals surface area contributed by atoms with E-state index in [1.165, 1.54) is 0 Å². The van der Waals surface area contributed by atoms with E-state index in [0.29, 0.717) is 11.6 Å². The molecule has 1 aliphatic rings. The fourth-order valence-corrected chi connectivity index (χ4v) is 5.06. The minimum atomic E-state index is -4.10. The number of hydrogen-bond acceptors (Lipinski definition) is 4. The normalized spacial score (nSPS) is 15.5. The van der Waals surface area contributed by atoms with Crippen LogP contribution in [0.3, 0.4) is 0 Å². The summed E-state index contributed by atoms with van der Waals surface area (Å²) in [7, 11) is -4.10. The highest BCUT2D eigenvalue weighted by molar-refractivity contribution is 7.89. The smallest absolute Gasteiger partial charge is 0.253 e. The molecule has 1 amide bonds. The standard InChI is InChI=1S/C22H27F2N3O3S/c1-3-25(4-2)16-17-5-7-18(8-6-17)22(28)26-11-13-27(14-12-26)31(29,30)21-10-9-19(23)15-20(21)24/h5-10,15H,3-4,11-14,16H2,1-2H3. The molecule has 0 aliphatic carbocycles. The summed E-state index contributed by atoms with van der Waals surface area (Å²) in [5.74, 6) is -2.13. The van der Waals surface area contributed by atoms with Gasteiger partial charge in [-0.1, -0.05) is 26.0 Å². The molecule has 2 aromatic rings. The molecular weight excluding hydrogens is 424 g/mol. The van der Waals surface area contributed by atoms with Crippen molar-refractivity contribution in [3.63, 3.8) is 0 Å². The molecule has 0 spiro atoms. The van der Waals surface area contributed by atoms with Crippen molar-refractivity contribution in [2.45, 2.75) is 25.3 Å². The Kier molecular flexibility index (Phi) is 7.40. The van der Waals surface area contributed by atoms with Crippen LogP contribution < -0.4 is 0 Å². The van der Waals surface area contributed by atoms with Crippen LogP contribution in [0.25, 0.3) is 0 Å². The lowest BCUT2D eigenvalue weighted by atomic mass is 10.1. The Morgan fingerprint density at radius 1 is 0.968 bits per heavy atom. The monoisotopic (exact) mass is 451 g/mol. The predicted octanol–water partition coefficient (Wildman–Crippen LogP) is 2.95. The van der Waals surface area contributed by atoms with E-state index in [-0.39, 0.29) is 32.1 Å². The third kappa shape index (κ3) is 5.28. The fraction of sp³-hybridized carbons (Fsp3) is 0.409. The lowest BCUT2D eigenvalue weighted by Crippen LogP contribution is -2.50. The maximum atomic E-state index is 14.0. The van der Waals surface area contributed by atoms with Crippen LogP contribution in [0, 0.1) is 11.6 Å². The third-order valence-electron chi connectivity index (χ3n) is 5.54. The molecule has 1 heterocycles. The van der Waals surface area contributed by atoms with E-state index in [4.69, 9.17) is 0 Å². The van der Waals surface area contributed by atoms with Crippen molar-refractivity contribution in [1.29, 1.82) is 0 Å². The van der Waals surface area contributed by atoms with Gasteiger partial charge in [-0.05, 0) is 42.9 Å². The zero-order valence-corrected chi connectivity index (χ0v) is 18.5. The molecule has 0 N–H and O–H groups in total. The van der Waals surface area contributed by atoms with Gasteiger partial charge < -0.3 is 4.90 Å². The topological polar surface area (TPSA) is 60.9 Å². The van der Waals surface area contributed by atoms with Crippen LogP contribution in [0.15, 0.2) is 47.4 Å². The van der Waals surface area contributed by atoms with Crippen LogP contribution in [0.2, 0.25) is 0 Å². The zero-order valence-electron chi connectivity index (χ0n) is 17.7. The van der Waals surface area contributed by atoms with Crippen molar-refractivity contribution in [2.24, 2.45) is 0 Å². The van der Waals surface area contributed by atoms with Gasteiger partial charge in [0.25, 0.3) is 5.91 Å². The van der Waals surface area contributed by atoms with E-state index in [0.717, 1.165) is 41.6 Å². The maximum absolute atomic E-state index is 14.0. The number of halogens is 2. The molecule has 2 aromatic carbocycles. The van der Waals surface area contributed by atoms with Crippen molar-refractivity contribution in [2.75, 3.05) is 39.3 Å². The Bertz CT molecular complexity index is 1020. The molecule has 0 bridgehead atoms. The fourth-order valence-electron chi connectivity index (χ4n) is 3.60. The first-order valence-corrected chi connectivity index (χ1v) is 11.8. The third-order valence-corrected chi connectivity index (χ3v) is 7.47. The van der Waals surface area contributed by atoms with Crippen LogP contribution >= 0.6 is 0 Å². The number of nitrogens with zero attached hydrogens (tertiary/aromatic N) is 3. The molecule has 9 heteroatoms. The Balaban J connectivity index is 1.63. The number of hydrogen-bond donors (Lipinski definition) is 0. The maximum Gasteiger partial charge on any atom is 0.253 e. The van der Waals surface area contributed by atoms with Gasteiger partial charge in [0.1, 0.15) is 16.5 Å². The highest BCUT2D eigenvalue weighted by atomic mass is 32.2. The minimum Gasteiger partial charge on any atom is -0.336 e. The van der Waals surface area contributed by atoms with Gasteiger partial charge in [-0.15, -0.1) is 0 Å². The summed E-state index contributed by atoms with van der Waals surface area (Å²) in [5.41, 5.74) is 1.67. The van der Waals surface area contributed by atoms with Crippen LogP contribution in [0.1, 0.15) is 29.8 Å². The average molecular weight is 452 g/mol. The van der Waals surface area contributed by atoms with E-state index in [9.17, 15) is 22.0 Å². The number of sulfonamides is 1. The lowest BCUT2D eigenvalue weighted by Gasteiger charge is -2.34. The van der Waals surface area contributed by atoms with E-state index < -0.39 is 26.6 Å². The highest BCUT2D eigenvalue weighted by Gasteiger charge is 2.32. The second-order valence-electron chi connectivity index (χ2n) is 7.43. The van der Waals surface area contributed by atoms with Crippen LogP contribution in [0.5, 0.6) is 0 Å². The summed E-state index contributed by atoms with van der Waals surface area (Å²) in [6.45, 7) is 7.41. The number of piperazine rings is 1. The van der Waals surface area contributed by atoms with Gasteiger partial charge in [-0.25, -0.2) is 17.2 Å². The first kappa shape index (κ1) is 23.3. The molecule has 0 radical (unpaired) electrons. The number of benzene rings is 2. The minimum absolute atomic E-state index is 0.0466. The van der Waals surface area contributed by atoms with Crippen LogP contribution in [-0.2, 0) is 16.6 Å². The molecule has 0 unspecified atom stereocenters. The summed E-state index contributed by atoms with van der Waals surface area (Å²) < 4.78 is 53.6. The molecule has 31 heavy (non-hydrogen) atoms. The number of rotatable bonds is 7. The quantitative estimate of drug-likeness (QED) is 0.650. The Hall–Kier alpha value is -2.36. The van der Waals surface area contributed by atoms with Gasteiger partial charge in [0, 0.05) is 44.4 Å². The van der Waals surface area contributed by atoms with Crippen molar-refractivity contribution in [3.8, 4) is 0 Å². The van der Waals surface area contributed by atoms with E-state index in [1.54, 1.807) is 17.0 Å². The Morgan fingerprint density at radius 2 is 1.58 bits per heavy atom. The van der Waals surface area contributed by atoms with Crippen molar-refractivity contribution >= 4 is 15.9 Å². The van der Waals surface area contributed by atoms with E-state index in [1.807, 2.05) is 12.1 Å². The largest absolute Gasteiger partial charge is 0.336 e. The molecule has 168 valence electrons. The van der Waals surface area contributed by atoms with Gasteiger partial charge in [0.05, 0.1) is 0 Å². The molecule has 1 saturated heterocycles. The number of amides is 1. The highest BCUT2D eigenvalue weighted by Crippen LogP contribution is 2.22. The van der Waals surface area contributed by atoms with Crippen LogP contribution in [-0.4, -0.2) is 67.7 Å². The van der Waals surface area contributed by atoms with Gasteiger partial charge in [0.15, 0.2) is 0 Å². The molecule has 0 atom stereocenters. The van der Waals surface area contributed by atoms with Gasteiger partial charge in [-0.3, -0.25) is 9.69 Å². The number of carbonyl (C=O) groups is 1. The van der Waals surface area contributed by atoms with Crippen molar-refractivity contribution in [3.05, 3.63) is 65.2 Å². The molecule has 6 nitrogen and oxygen atoms in total. The summed E-state index contributed by atoms with van der Waals surface area (Å²) in [4.78, 5) is 16.1. The molecule has 1 aliphatic heterocycles. The van der Waals surface area contributed by atoms with Crippen molar-refractivity contribution in [1.82, 2.24) is 14.1 Å². The lowest BCUT2D eigenvalue weighted by molar-refractivity contribution is 0.0697. The Labute approximate surface area is 182 Å². The van der Waals surface area contributed by atoms with Crippen molar-refractivity contribution < 1.29 is 22.0 Å². The molecule has 3 rings (SSSR count). The van der Waals surface area contributed by atoms with Gasteiger partial charge in [-0.2, -0.15) is 4.31 Å². The summed E-state index contributed by atoms with van der Waals surface area (Å²) in [6, 6.07) is 9.84. The Morgan fingerprint density at radius 3 is 2.13 bits per heavy atom. The molecular formula is C22H27F2N3O3S. The zero-order chi connectivity index (χ0) is 22.6. The summed E-state index contributed by atoms with van der Waals surface area (Å²) in [5, 5.41) is 0. The first-order valence-electron chi connectivity index (χ1n) is 10.3. The molecule has 1 fully saturated rings. The van der Waals surface area contributed by atoms with E-state index >= 15 is 0 Å². The second kappa shape index (κ2) is 9.84. The van der Waals surface area contributed by atoms with Crippen LogP contribution in [0.4, 0.5) is 8.78 Å². The van der Waals surface area contributed by atoms with Gasteiger partial charge in [0.2, 0.25) is 10.0 Å². The molecule has 0 aromatic heterocycles. The summed E-state index contributed by atoms with van der Waals surface area (Å²) in [6.07, 6.45) is 0.